The lowest BCUT2D eigenvalue weighted by atomic mass is 9.68. The van der Waals surface area contributed by atoms with Gasteiger partial charge < -0.3 is 4.90 Å². The normalized spacial score (nSPS) is 12.5. The van der Waals surface area contributed by atoms with E-state index in [0.29, 0.717) is 0 Å². The van der Waals surface area contributed by atoms with Crippen LogP contribution in [0.5, 0.6) is 0 Å². The number of nitrogens with zero attached hydrogens (tertiary/aromatic N) is 1. The Labute approximate surface area is 374 Å². The van der Waals surface area contributed by atoms with E-state index in [2.05, 4.69) is 266 Å². The number of hydrogen-bond acceptors (Lipinski definition) is 1. The molecule has 0 amide bonds. The van der Waals surface area contributed by atoms with Gasteiger partial charge in [0.15, 0.2) is 0 Å². The van der Waals surface area contributed by atoms with E-state index in [9.17, 15) is 0 Å². The van der Waals surface area contributed by atoms with Gasteiger partial charge in [0.1, 0.15) is 0 Å². The predicted molar refractivity (Wildman–Crippen MR) is 270 cm³/mol. The summed E-state index contributed by atoms with van der Waals surface area (Å²) >= 11 is 0. The molecule has 0 atom stereocenters. The number of benzene rings is 11. The maximum Gasteiger partial charge on any atom is 0.0714 e. The predicted octanol–water partition coefficient (Wildman–Crippen LogP) is 16.8. The van der Waals surface area contributed by atoms with Gasteiger partial charge in [-0.3, -0.25) is 0 Å². The molecule has 0 radical (unpaired) electrons. The smallest absolute Gasteiger partial charge is 0.0714 e. The molecule has 0 bridgehead atoms. The highest BCUT2D eigenvalue weighted by molar-refractivity contribution is 6.11. The molecule has 300 valence electrons. The summed E-state index contributed by atoms with van der Waals surface area (Å²) in [5, 5.41) is 4.89. The first-order chi connectivity index (χ1) is 31.8. The standard InChI is InChI=1S/C63H43N/c1-4-22-45(23-5-1)50-36-19-26-46-27-20-38-54(61(46)50)53-34-14-17-42-59(53)64(58-41-16-13-33-52(58)51-37-18-25-44-24-10-11-32-49(44)51)60-43-21-40-57-62(60)55-35-12-15-39-56(55)63(57,47-28-6-2-7-29-47)48-30-8-3-9-31-48/h1-43H. The van der Waals surface area contributed by atoms with E-state index in [1.807, 2.05) is 0 Å². The van der Waals surface area contributed by atoms with Gasteiger partial charge in [0.05, 0.1) is 22.5 Å². The third kappa shape index (κ3) is 5.86. The van der Waals surface area contributed by atoms with E-state index in [4.69, 9.17) is 0 Å². The lowest BCUT2D eigenvalue weighted by molar-refractivity contribution is 0.768. The van der Waals surface area contributed by atoms with Crippen molar-refractivity contribution < 1.29 is 0 Å². The van der Waals surface area contributed by atoms with Gasteiger partial charge in [-0.1, -0.05) is 243 Å². The van der Waals surface area contributed by atoms with Crippen LogP contribution in [-0.2, 0) is 5.41 Å². The fraction of sp³-hybridized carbons (Fsp3) is 0.0159. The molecule has 0 saturated heterocycles. The molecule has 64 heavy (non-hydrogen) atoms. The zero-order chi connectivity index (χ0) is 42.5. The van der Waals surface area contributed by atoms with Crippen LogP contribution in [0.15, 0.2) is 261 Å². The van der Waals surface area contributed by atoms with E-state index in [0.717, 1.165) is 22.6 Å². The van der Waals surface area contributed by atoms with Crippen LogP contribution in [0.1, 0.15) is 22.3 Å². The Kier molecular flexibility index (Phi) is 9.13. The Morgan fingerprint density at radius 2 is 0.703 bits per heavy atom. The summed E-state index contributed by atoms with van der Waals surface area (Å²) in [6, 6.07) is 96.0. The van der Waals surface area contributed by atoms with Gasteiger partial charge in [-0.25, -0.2) is 0 Å². The summed E-state index contributed by atoms with van der Waals surface area (Å²) in [6.07, 6.45) is 0. The lowest BCUT2D eigenvalue weighted by Crippen LogP contribution is -2.28. The van der Waals surface area contributed by atoms with E-state index in [1.54, 1.807) is 0 Å². The molecule has 0 aliphatic heterocycles. The van der Waals surface area contributed by atoms with Crippen molar-refractivity contribution in [1.82, 2.24) is 0 Å². The molecule has 0 N–H and O–H groups in total. The van der Waals surface area contributed by atoms with Crippen molar-refractivity contribution in [1.29, 1.82) is 0 Å². The van der Waals surface area contributed by atoms with Crippen LogP contribution in [0.4, 0.5) is 17.1 Å². The first-order valence-corrected chi connectivity index (χ1v) is 22.2. The van der Waals surface area contributed by atoms with Gasteiger partial charge in [-0.05, 0) is 89.8 Å². The zero-order valence-corrected chi connectivity index (χ0v) is 35.3. The third-order valence-corrected chi connectivity index (χ3v) is 13.4. The summed E-state index contributed by atoms with van der Waals surface area (Å²) in [5.74, 6) is 0. The minimum absolute atomic E-state index is 0.551. The topological polar surface area (TPSA) is 3.24 Å². The van der Waals surface area contributed by atoms with Crippen LogP contribution in [0, 0.1) is 0 Å². The van der Waals surface area contributed by atoms with Gasteiger partial charge in [-0.2, -0.15) is 0 Å². The molecule has 1 heteroatoms. The van der Waals surface area contributed by atoms with Gasteiger partial charge >= 0.3 is 0 Å². The number of anilines is 3. The van der Waals surface area contributed by atoms with E-state index < -0.39 is 5.41 Å². The average molecular weight is 814 g/mol. The first kappa shape index (κ1) is 37.5. The molecule has 12 rings (SSSR count). The number of rotatable bonds is 8. The zero-order valence-electron chi connectivity index (χ0n) is 35.3. The monoisotopic (exact) mass is 813 g/mol. The Bertz CT molecular complexity index is 3450. The van der Waals surface area contributed by atoms with Crippen LogP contribution in [-0.4, -0.2) is 0 Å². The van der Waals surface area contributed by atoms with Gasteiger partial charge in [0.25, 0.3) is 0 Å². The summed E-state index contributed by atoms with van der Waals surface area (Å²) in [4.78, 5) is 2.57. The molecule has 1 nitrogen and oxygen atoms in total. The van der Waals surface area contributed by atoms with Crippen molar-refractivity contribution >= 4 is 38.6 Å². The molecule has 11 aromatic carbocycles. The molecule has 11 aromatic rings. The van der Waals surface area contributed by atoms with E-state index in [-0.39, 0.29) is 0 Å². The molecule has 0 heterocycles. The van der Waals surface area contributed by atoms with E-state index >= 15 is 0 Å². The second-order valence-corrected chi connectivity index (χ2v) is 16.7. The van der Waals surface area contributed by atoms with Crippen LogP contribution < -0.4 is 4.90 Å². The second-order valence-electron chi connectivity index (χ2n) is 16.7. The minimum atomic E-state index is -0.551. The number of hydrogen-bond donors (Lipinski definition) is 0. The fourth-order valence-corrected chi connectivity index (χ4v) is 10.7. The van der Waals surface area contributed by atoms with Gasteiger partial charge in [0.2, 0.25) is 0 Å². The van der Waals surface area contributed by atoms with Crippen molar-refractivity contribution in [2.24, 2.45) is 0 Å². The molecule has 0 spiro atoms. The molecule has 0 fully saturated rings. The SMILES string of the molecule is c1ccc(-c2cccc3cccc(-c4ccccc4N(c4ccccc4-c4cccc5ccccc45)c4cccc5c4-c4ccccc4C5(c4ccccc4)c4ccccc4)c23)cc1. The van der Waals surface area contributed by atoms with Crippen LogP contribution in [0.25, 0.3) is 66.1 Å². The molecular formula is C63H43N. The Balaban J connectivity index is 1.20. The van der Waals surface area contributed by atoms with E-state index in [1.165, 1.54) is 82.7 Å². The Morgan fingerprint density at radius 3 is 1.39 bits per heavy atom. The third-order valence-electron chi connectivity index (χ3n) is 13.4. The van der Waals surface area contributed by atoms with Crippen molar-refractivity contribution in [2.75, 3.05) is 4.90 Å². The van der Waals surface area contributed by atoms with Crippen LogP contribution in [0.3, 0.4) is 0 Å². The lowest BCUT2D eigenvalue weighted by Gasteiger charge is -2.35. The Morgan fingerprint density at radius 1 is 0.266 bits per heavy atom. The molecule has 0 saturated carbocycles. The van der Waals surface area contributed by atoms with Crippen molar-refractivity contribution in [3.63, 3.8) is 0 Å². The highest BCUT2D eigenvalue weighted by Crippen LogP contribution is 2.60. The molecule has 0 aromatic heterocycles. The summed E-state index contributed by atoms with van der Waals surface area (Å²) in [6.45, 7) is 0. The van der Waals surface area contributed by atoms with Gasteiger partial charge in [-0.15, -0.1) is 0 Å². The summed E-state index contributed by atoms with van der Waals surface area (Å²) in [5.41, 5.74) is 17.4. The largest absolute Gasteiger partial charge is 0.309 e. The number of para-hydroxylation sites is 2. The molecule has 1 aliphatic rings. The van der Waals surface area contributed by atoms with Crippen LogP contribution >= 0.6 is 0 Å². The average Bonchev–Trinajstić information content (AvgIpc) is 3.69. The summed E-state index contributed by atoms with van der Waals surface area (Å²) < 4.78 is 0. The fourth-order valence-electron chi connectivity index (χ4n) is 10.7. The maximum atomic E-state index is 2.57. The first-order valence-electron chi connectivity index (χ1n) is 22.2. The highest BCUT2D eigenvalue weighted by Gasteiger charge is 2.47. The van der Waals surface area contributed by atoms with Crippen LogP contribution in [0.2, 0.25) is 0 Å². The maximum absolute atomic E-state index is 2.57. The molecule has 1 aliphatic carbocycles. The number of fused-ring (bicyclic) bond motifs is 5. The Hall–Kier alpha value is -8.26. The second kappa shape index (κ2) is 15.6. The quantitative estimate of drug-likeness (QED) is 0.148. The minimum Gasteiger partial charge on any atom is -0.309 e. The highest BCUT2D eigenvalue weighted by atomic mass is 15.2. The molecular weight excluding hydrogens is 771 g/mol. The summed E-state index contributed by atoms with van der Waals surface area (Å²) in [7, 11) is 0. The molecule has 0 unspecified atom stereocenters. The van der Waals surface area contributed by atoms with Gasteiger partial charge in [0, 0.05) is 16.7 Å². The van der Waals surface area contributed by atoms with Crippen molar-refractivity contribution in [2.45, 2.75) is 5.41 Å². The van der Waals surface area contributed by atoms with Crippen molar-refractivity contribution in [3.05, 3.63) is 283 Å². The van der Waals surface area contributed by atoms with Crippen molar-refractivity contribution in [3.8, 4) is 44.5 Å².